The normalized spacial score (nSPS) is 10.4. The monoisotopic (exact) mass is 226 g/mol. The number of methoxy groups -OCH3 is 1. The Kier molecular flexibility index (Phi) is 4.24. The van der Waals surface area contributed by atoms with Crippen LogP contribution in [-0.2, 0) is 0 Å². The van der Waals surface area contributed by atoms with Crippen molar-refractivity contribution < 1.29 is 4.74 Å². The summed E-state index contributed by atoms with van der Waals surface area (Å²) < 4.78 is 4.97. The van der Waals surface area contributed by atoms with Gasteiger partial charge in [-0.3, -0.25) is 5.43 Å². The molecule has 1 aromatic rings. The first-order chi connectivity index (χ1) is 7.56. The van der Waals surface area contributed by atoms with Gasteiger partial charge in [0.1, 0.15) is 0 Å². The molecule has 0 saturated carbocycles. The van der Waals surface area contributed by atoms with Gasteiger partial charge in [-0.15, -0.1) is 0 Å². The fraction of sp³-hybridized carbons (Fsp3) is 0.667. The van der Waals surface area contributed by atoms with Crippen LogP contribution in [0.5, 0.6) is 6.01 Å². The van der Waals surface area contributed by atoms with Crippen molar-refractivity contribution in [3.63, 3.8) is 0 Å². The maximum Gasteiger partial charge on any atom is 0.322 e. The quantitative estimate of drug-likeness (QED) is 0.549. The zero-order valence-electron chi connectivity index (χ0n) is 10.1. The molecule has 7 nitrogen and oxygen atoms in total. The molecule has 0 aliphatic rings. The zero-order chi connectivity index (χ0) is 12.1. The summed E-state index contributed by atoms with van der Waals surface area (Å²) in [6.07, 6.45) is 0. The summed E-state index contributed by atoms with van der Waals surface area (Å²) in [5.74, 6) is 6.61. The lowest BCUT2D eigenvalue weighted by atomic mass is 10.2. The second-order valence-corrected chi connectivity index (χ2v) is 3.86. The van der Waals surface area contributed by atoms with E-state index in [0.717, 1.165) is 6.54 Å². The molecule has 1 aromatic heterocycles. The fourth-order valence-corrected chi connectivity index (χ4v) is 1.30. The van der Waals surface area contributed by atoms with E-state index in [2.05, 4.69) is 34.2 Å². The Morgan fingerprint density at radius 3 is 2.56 bits per heavy atom. The van der Waals surface area contributed by atoms with Gasteiger partial charge in [-0.05, 0) is 5.92 Å². The van der Waals surface area contributed by atoms with Crippen LogP contribution in [0.1, 0.15) is 13.8 Å². The molecule has 0 aliphatic carbocycles. The number of hydrogen-bond donors (Lipinski definition) is 2. The van der Waals surface area contributed by atoms with Gasteiger partial charge in [-0.2, -0.15) is 15.0 Å². The Hall–Kier alpha value is -1.63. The predicted molar refractivity (Wildman–Crippen MR) is 62.3 cm³/mol. The van der Waals surface area contributed by atoms with Gasteiger partial charge in [-0.1, -0.05) is 13.8 Å². The Morgan fingerprint density at radius 1 is 1.38 bits per heavy atom. The van der Waals surface area contributed by atoms with Gasteiger partial charge >= 0.3 is 6.01 Å². The smallest absolute Gasteiger partial charge is 0.322 e. The summed E-state index contributed by atoms with van der Waals surface area (Å²) in [5.41, 5.74) is 2.38. The van der Waals surface area contributed by atoms with E-state index in [4.69, 9.17) is 10.6 Å². The summed E-state index contributed by atoms with van der Waals surface area (Å²) >= 11 is 0. The minimum Gasteiger partial charge on any atom is -0.467 e. The molecule has 90 valence electrons. The number of nitrogens with one attached hydrogen (secondary N) is 1. The molecular weight excluding hydrogens is 208 g/mol. The van der Waals surface area contributed by atoms with E-state index >= 15 is 0 Å². The molecule has 0 aliphatic heterocycles. The molecule has 0 amide bonds. The largest absolute Gasteiger partial charge is 0.467 e. The van der Waals surface area contributed by atoms with Crippen LogP contribution in [0.4, 0.5) is 11.9 Å². The van der Waals surface area contributed by atoms with Crippen molar-refractivity contribution in [3.8, 4) is 6.01 Å². The first-order valence-corrected chi connectivity index (χ1v) is 5.04. The van der Waals surface area contributed by atoms with E-state index < -0.39 is 0 Å². The average molecular weight is 226 g/mol. The lowest BCUT2D eigenvalue weighted by molar-refractivity contribution is 0.378. The van der Waals surface area contributed by atoms with Gasteiger partial charge < -0.3 is 9.64 Å². The maximum atomic E-state index is 5.27. The van der Waals surface area contributed by atoms with E-state index in [1.807, 2.05) is 11.9 Å². The van der Waals surface area contributed by atoms with Crippen molar-refractivity contribution in [1.29, 1.82) is 0 Å². The number of hydrazine groups is 1. The van der Waals surface area contributed by atoms with Crippen molar-refractivity contribution in [2.24, 2.45) is 11.8 Å². The molecule has 0 spiro atoms. The second kappa shape index (κ2) is 5.45. The minimum atomic E-state index is 0.244. The number of rotatable bonds is 5. The number of hydrogen-bond acceptors (Lipinski definition) is 7. The van der Waals surface area contributed by atoms with Crippen LogP contribution in [0.25, 0.3) is 0 Å². The number of anilines is 2. The highest BCUT2D eigenvalue weighted by Gasteiger charge is 2.11. The number of ether oxygens (including phenoxy) is 1. The van der Waals surface area contributed by atoms with Crippen LogP contribution in [-0.4, -0.2) is 35.7 Å². The second-order valence-electron chi connectivity index (χ2n) is 3.86. The summed E-state index contributed by atoms with van der Waals surface area (Å²) in [7, 11) is 3.41. The molecule has 1 rings (SSSR count). The van der Waals surface area contributed by atoms with Crippen molar-refractivity contribution in [2.45, 2.75) is 13.8 Å². The SMILES string of the molecule is COc1nc(NN)nc(N(C)CC(C)C)n1. The van der Waals surface area contributed by atoms with Gasteiger partial charge in [0.15, 0.2) is 0 Å². The highest BCUT2D eigenvalue weighted by Crippen LogP contribution is 2.13. The maximum absolute atomic E-state index is 5.27. The molecule has 0 atom stereocenters. The van der Waals surface area contributed by atoms with Crippen LogP contribution in [0.15, 0.2) is 0 Å². The highest BCUT2D eigenvalue weighted by molar-refractivity contribution is 5.36. The lowest BCUT2D eigenvalue weighted by Crippen LogP contribution is -2.25. The van der Waals surface area contributed by atoms with Crippen molar-refractivity contribution >= 4 is 11.9 Å². The summed E-state index contributed by atoms with van der Waals surface area (Å²) in [6, 6.07) is 0.244. The van der Waals surface area contributed by atoms with Gasteiger partial charge in [-0.25, -0.2) is 5.84 Å². The molecule has 0 saturated heterocycles. The number of nitrogens with zero attached hydrogens (tertiary/aromatic N) is 4. The summed E-state index contributed by atoms with van der Waals surface area (Å²) in [4.78, 5) is 14.1. The molecule has 0 aromatic carbocycles. The van der Waals surface area contributed by atoms with Crippen LogP contribution < -0.4 is 20.9 Å². The fourth-order valence-electron chi connectivity index (χ4n) is 1.30. The van der Waals surface area contributed by atoms with E-state index in [1.54, 1.807) is 0 Å². The van der Waals surface area contributed by atoms with Crippen molar-refractivity contribution in [1.82, 2.24) is 15.0 Å². The molecule has 0 unspecified atom stereocenters. The summed E-state index contributed by atoms with van der Waals surface area (Å²) in [6.45, 7) is 5.09. The standard InChI is InChI=1S/C9H18N6O/c1-6(2)5-15(3)8-11-7(14-10)12-9(13-8)16-4/h6H,5,10H2,1-4H3,(H,11,12,13,14). The number of nitrogen functional groups attached to an aromatic ring is 1. The average Bonchev–Trinajstić information content (AvgIpc) is 2.27. The Labute approximate surface area is 95.0 Å². The van der Waals surface area contributed by atoms with Crippen LogP contribution in [0, 0.1) is 5.92 Å². The third-order valence-electron chi connectivity index (χ3n) is 1.90. The van der Waals surface area contributed by atoms with Gasteiger partial charge in [0, 0.05) is 13.6 Å². The Morgan fingerprint density at radius 2 is 2.06 bits per heavy atom. The van der Waals surface area contributed by atoms with Gasteiger partial charge in [0.25, 0.3) is 0 Å². The van der Waals surface area contributed by atoms with Gasteiger partial charge in [0.05, 0.1) is 7.11 Å². The molecule has 1 heterocycles. The highest BCUT2D eigenvalue weighted by atomic mass is 16.5. The van der Waals surface area contributed by atoms with Crippen LogP contribution in [0.2, 0.25) is 0 Å². The predicted octanol–water partition coefficient (Wildman–Crippen LogP) is 0.258. The number of aromatic nitrogens is 3. The summed E-state index contributed by atoms with van der Waals surface area (Å²) in [5, 5.41) is 0. The minimum absolute atomic E-state index is 0.244. The molecule has 0 bridgehead atoms. The van der Waals surface area contributed by atoms with Gasteiger partial charge in [0.2, 0.25) is 11.9 Å². The van der Waals surface area contributed by atoms with Crippen molar-refractivity contribution in [2.75, 3.05) is 31.0 Å². The number of nitrogens with two attached hydrogens (primary N) is 1. The van der Waals surface area contributed by atoms with E-state index in [1.165, 1.54) is 7.11 Å². The van der Waals surface area contributed by atoms with Crippen LogP contribution >= 0.6 is 0 Å². The third kappa shape index (κ3) is 3.20. The Bertz CT molecular complexity index is 321. The molecule has 0 fully saturated rings. The van der Waals surface area contributed by atoms with E-state index in [0.29, 0.717) is 11.9 Å². The first-order valence-electron chi connectivity index (χ1n) is 5.04. The molecule has 16 heavy (non-hydrogen) atoms. The molecule has 0 radical (unpaired) electrons. The Balaban J connectivity index is 2.93. The molecular formula is C9H18N6O. The van der Waals surface area contributed by atoms with Crippen molar-refractivity contribution in [3.05, 3.63) is 0 Å². The first kappa shape index (κ1) is 12.4. The zero-order valence-corrected chi connectivity index (χ0v) is 10.1. The van der Waals surface area contributed by atoms with E-state index in [-0.39, 0.29) is 12.0 Å². The van der Waals surface area contributed by atoms with E-state index in [9.17, 15) is 0 Å². The molecule has 7 heteroatoms. The lowest BCUT2D eigenvalue weighted by Gasteiger charge is -2.19. The van der Waals surface area contributed by atoms with Crippen LogP contribution in [0.3, 0.4) is 0 Å². The third-order valence-corrected chi connectivity index (χ3v) is 1.90. The topological polar surface area (TPSA) is 89.2 Å². The molecule has 3 N–H and O–H groups in total.